The van der Waals surface area contributed by atoms with Crippen molar-refractivity contribution in [2.75, 3.05) is 24.6 Å². The molecule has 0 aliphatic carbocycles. The topological polar surface area (TPSA) is 193 Å². The van der Waals surface area contributed by atoms with Gasteiger partial charge in [0.25, 0.3) is 32.1 Å². The maximum atomic E-state index is 12.6. The lowest BCUT2D eigenvalue weighted by Gasteiger charge is -2.11. The fraction of sp³-hybridized carbons (Fsp3) is 0.300. The van der Waals surface area contributed by atoms with E-state index in [0.29, 0.717) is 21.8 Å². The van der Waals surface area contributed by atoms with Gasteiger partial charge in [0.2, 0.25) is 0 Å². The van der Waals surface area contributed by atoms with Gasteiger partial charge < -0.3 is 10.6 Å². The number of nitrogens with zero attached hydrogens (tertiary/aromatic N) is 2. The maximum Gasteiger partial charge on any atom is 0.264 e. The Morgan fingerprint density at radius 1 is 0.706 bits per heavy atom. The molecule has 0 fully saturated rings. The average molecular weight is 511 g/mol. The summed E-state index contributed by atoms with van der Waals surface area (Å²) >= 11 is 0. The van der Waals surface area contributed by atoms with Crippen LogP contribution in [-0.2, 0) is 20.2 Å². The number of amides is 2. The molecule has 2 aromatic heterocycles. The zero-order chi connectivity index (χ0) is 24.9. The van der Waals surface area contributed by atoms with E-state index in [1.54, 1.807) is 12.1 Å². The standard InChI is InChI=1S/C20H22N4O8S2/c25-19(23-7-1-11-33(27,28)29)15-5-9-21-17-13(15)3-4-14-16(6-10-22-18(14)17)20(26)24-8-2-12-34(30,31)32/h3-6,9-10H,1-2,7-8,11-12H2,(H,23,25)(H,24,26)(H,27,28,29)(H,30,31,32). The van der Waals surface area contributed by atoms with Crippen LogP contribution in [0.3, 0.4) is 0 Å². The molecule has 0 saturated carbocycles. The van der Waals surface area contributed by atoms with E-state index in [0.717, 1.165) is 0 Å². The SMILES string of the molecule is O=C(NCCCS(=O)(=O)O)c1ccnc2c1ccc1c(C(=O)NCCCS(=O)(=O)O)ccnc12. The highest BCUT2D eigenvalue weighted by molar-refractivity contribution is 7.86. The summed E-state index contributed by atoms with van der Waals surface area (Å²) in [7, 11) is -8.22. The predicted octanol–water partition coefficient (Wildman–Crippen LogP) is 0.798. The third-order valence-corrected chi connectivity index (χ3v) is 6.45. The predicted molar refractivity (Wildman–Crippen MR) is 124 cm³/mol. The van der Waals surface area contributed by atoms with Crippen LogP contribution in [0, 0.1) is 0 Å². The smallest absolute Gasteiger partial charge is 0.264 e. The van der Waals surface area contributed by atoms with Crippen LogP contribution >= 0.6 is 0 Å². The zero-order valence-corrected chi connectivity index (χ0v) is 19.4. The van der Waals surface area contributed by atoms with Crippen molar-refractivity contribution in [3.05, 3.63) is 47.8 Å². The van der Waals surface area contributed by atoms with Gasteiger partial charge in [0.1, 0.15) is 0 Å². The molecule has 0 saturated heterocycles. The number of rotatable bonds is 10. The van der Waals surface area contributed by atoms with Crippen molar-refractivity contribution in [1.82, 2.24) is 20.6 Å². The minimum absolute atomic E-state index is 0.0379. The van der Waals surface area contributed by atoms with Gasteiger partial charge in [-0.1, -0.05) is 12.1 Å². The molecule has 34 heavy (non-hydrogen) atoms. The molecule has 0 aliphatic heterocycles. The summed E-state index contributed by atoms with van der Waals surface area (Å²) in [6.45, 7) is 0.0757. The molecule has 1 aromatic carbocycles. The van der Waals surface area contributed by atoms with E-state index >= 15 is 0 Å². The van der Waals surface area contributed by atoms with Gasteiger partial charge in [-0.2, -0.15) is 16.8 Å². The maximum absolute atomic E-state index is 12.6. The number of carbonyl (C=O) groups is 2. The Morgan fingerprint density at radius 2 is 1.09 bits per heavy atom. The summed E-state index contributed by atoms with van der Waals surface area (Å²) in [6, 6.07) is 6.24. The molecule has 2 heterocycles. The Hall–Kier alpha value is -3.20. The molecule has 2 amide bonds. The third-order valence-electron chi connectivity index (χ3n) is 4.84. The number of benzene rings is 1. The highest BCUT2D eigenvalue weighted by Gasteiger charge is 2.17. The van der Waals surface area contributed by atoms with Crippen molar-refractivity contribution in [2.24, 2.45) is 0 Å². The van der Waals surface area contributed by atoms with Crippen LogP contribution in [0.4, 0.5) is 0 Å². The second kappa shape index (κ2) is 10.4. The van der Waals surface area contributed by atoms with E-state index in [2.05, 4.69) is 20.6 Å². The lowest BCUT2D eigenvalue weighted by atomic mass is 10.0. The van der Waals surface area contributed by atoms with Gasteiger partial charge in [-0.25, -0.2) is 0 Å². The van der Waals surface area contributed by atoms with Gasteiger partial charge in [0.15, 0.2) is 0 Å². The molecule has 3 rings (SSSR count). The Kier molecular flexibility index (Phi) is 7.76. The Bertz CT molecular complexity index is 1350. The van der Waals surface area contributed by atoms with Crippen LogP contribution in [0.5, 0.6) is 0 Å². The van der Waals surface area contributed by atoms with Crippen molar-refractivity contribution >= 4 is 53.9 Å². The molecule has 4 N–H and O–H groups in total. The van der Waals surface area contributed by atoms with E-state index in [4.69, 9.17) is 9.11 Å². The second-order valence-corrected chi connectivity index (χ2v) is 10.5. The summed E-state index contributed by atoms with van der Waals surface area (Å²) < 4.78 is 60.8. The first kappa shape index (κ1) is 25.4. The lowest BCUT2D eigenvalue weighted by molar-refractivity contribution is 0.0947. The fourth-order valence-corrected chi connectivity index (χ4v) is 4.35. The van der Waals surface area contributed by atoms with Crippen molar-refractivity contribution in [1.29, 1.82) is 0 Å². The molecule has 0 radical (unpaired) electrons. The molecule has 14 heteroatoms. The van der Waals surface area contributed by atoms with E-state index in [1.165, 1.54) is 24.5 Å². The van der Waals surface area contributed by atoms with Crippen LogP contribution in [0.1, 0.15) is 33.6 Å². The average Bonchev–Trinajstić information content (AvgIpc) is 2.77. The molecule has 0 unspecified atom stereocenters. The molecule has 0 bridgehead atoms. The summed E-state index contributed by atoms with van der Waals surface area (Å²) in [5, 5.41) is 6.13. The van der Waals surface area contributed by atoms with Crippen LogP contribution in [0.25, 0.3) is 21.8 Å². The summed E-state index contributed by atoms with van der Waals surface area (Å²) in [4.78, 5) is 33.8. The highest BCUT2D eigenvalue weighted by Crippen LogP contribution is 2.26. The summed E-state index contributed by atoms with van der Waals surface area (Å²) in [5.41, 5.74) is 1.31. The molecule has 182 valence electrons. The van der Waals surface area contributed by atoms with Crippen LogP contribution in [-0.4, -0.2) is 72.3 Å². The van der Waals surface area contributed by atoms with Crippen molar-refractivity contribution in [2.45, 2.75) is 12.8 Å². The zero-order valence-electron chi connectivity index (χ0n) is 17.8. The molecule has 3 aromatic rings. The highest BCUT2D eigenvalue weighted by atomic mass is 32.2. The van der Waals surface area contributed by atoms with Gasteiger partial charge in [0.05, 0.1) is 33.7 Å². The number of fused-ring (bicyclic) bond motifs is 3. The van der Waals surface area contributed by atoms with E-state index in [1.807, 2.05) is 0 Å². The molecular weight excluding hydrogens is 488 g/mol. The molecular formula is C20H22N4O8S2. The van der Waals surface area contributed by atoms with Gasteiger partial charge in [-0.15, -0.1) is 0 Å². The normalized spacial score (nSPS) is 12.1. The number of nitrogens with one attached hydrogen (secondary N) is 2. The van der Waals surface area contributed by atoms with Crippen LogP contribution in [0.2, 0.25) is 0 Å². The lowest BCUT2D eigenvalue weighted by Crippen LogP contribution is -2.26. The van der Waals surface area contributed by atoms with Gasteiger partial charge in [-0.05, 0) is 25.0 Å². The Balaban J connectivity index is 1.83. The minimum atomic E-state index is -4.11. The monoisotopic (exact) mass is 510 g/mol. The first-order valence-electron chi connectivity index (χ1n) is 10.1. The molecule has 0 atom stereocenters. The first-order valence-corrected chi connectivity index (χ1v) is 13.3. The number of hydrogen-bond donors (Lipinski definition) is 4. The van der Waals surface area contributed by atoms with Crippen molar-refractivity contribution in [3.63, 3.8) is 0 Å². The molecule has 0 spiro atoms. The number of aromatic nitrogens is 2. The van der Waals surface area contributed by atoms with Gasteiger partial charge >= 0.3 is 0 Å². The van der Waals surface area contributed by atoms with Gasteiger partial charge in [0, 0.05) is 36.3 Å². The first-order chi connectivity index (χ1) is 16.0. The van der Waals surface area contributed by atoms with Crippen molar-refractivity contribution < 1.29 is 35.5 Å². The molecule has 0 aliphatic rings. The summed E-state index contributed by atoms with van der Waals surface area (Å²) in [6.07, 6.45) is 2.92. The Labute approximate surface area is 195 Å². The largest absolute Gasteiger partial charge is 0.352 e. The minimum Gasteiger partial charge on any atom is -0.352 e. The second-order valence-electron chi connectivity index (χ2n) is 7.37. The fourth-order valence-electron chi connectivity index (χ4n) is 3.33. The van der Waals surface area contributed by atoms with Crippen molar-refractivity contribution in [3.8, 4) is 0 Å². The molecule has 12 nitrogen and oxygen atoms in total. The van der Waals surface area contributed by atoms with Crippen LogP contribution in [0.15, 0.2) is 36.7 Å². The quantitative estimate of drug-likeness (QED) is 0.172. The van der Waals surface area contributed by atoms with Crippen LogP contribution < -0.4 is 10.6 Å². The Morgan fingerprint density at radius 3 is 1.44 bits per heavy atom. The number of hydrogen-bond acceptors (Lipinski definition) is 8. The number of carbonyl (C=O) groups excluding carboxylic acids is 2. The third kappa shape index (κ3) is 6.66. The summed E-state index contributed by atoms with van der Waals surface area (Å²) in [5.74, 6) is -1.87. The van der Waals surface area contributed by atoms with E-state index in [-0.39, 0.29) is 37.1 Å². The van der Waals surface area contributed by atoms with E-state index < -0.39 is 43.6 Å². The van der Waals surface area contributed by atoms with Gasteiger partial charge in [-0.3, -0.25) is 28.7 Å². The number of pyridine rings is 2. The van der Waals surface area contributed by atoms with E-state index in [9.17, 15) is 26.4 Å².